The zero-order chi connectivity index (χ0) is 20.6. The summed E-state index contributed by atoms with van der Waals surface area (Å²) in [6.07, 6.45) is 11.8. The van der Waals surface area contributed by atoms with Crippen LogP contribution in [0.1, 0.15) is 90.1 Å². The second-order valence-electron chi connectivity index (χ2n) is 8.03. The van der Waals surface area contributed by atoms with Crippen LogP contribution >= 0.6 is 11.3 Å². The van der Waals surface area contributed by atoms with Crippen LogP contribution in [-0.2, 0) is 6.42 Å². The van der Waals surface area contributed by atoms with Gasteiger partial charge in [-0.1, -0.05) is 56.5 Å². The monoisotopic (exact) mass is 412 g/mol. The van der Waals surface area contributed by atoms with Crippen LogP contribution in [0.15, 0.2) is 42.5 Å². The average Bonchev–Trinajstić information content (AvgIpc) is 3.38. The number of benzene rings is 1. The number of aryl methyl sites for hydroxylation is 1. The molecule has 1 aliphatic carbocycles. The van der Waals surface area contributed by atoms with Crippen molar-refractivity contribution >= 4 is 22.9 Å². The first-order chi connectivity index (χ1) is 14.1. The number of hydrogen-bond donors (Lipinski definition) is 2. The van der Waals surface area contributed by atoms with Crippen LogP contribution in [0.5, 0.6) is 0 Å². The Balaban J connectivity index is 1.52. The van der Waals surface area contributed by atoms with Gasteiger partial charge in [-0.05, 0) is 73.3 Å². The average molecular weight is 413 g/mol. The standard InChI is InChI=1S/C25H32O3S/c1-2-3-4-11-23(26)20-14-12-19(13-15-20)22-10-6-8-18(22)7-5-9-21-16-17-24(29-21)25(27)28/h10,12-18,23,26H,2-9,11H2,1H3,(H,27,28)/t18?,23-/m0/s1. The summed E-state index contributed by atoms with van der Waals surface area (Å²) in [7, 11) is 0. The number of aliphatic hydroxyl groups is 1. The molecule has 2 atom stereocenters. The van der Waals surface area contributed by atoms with E-state index in [0.717, 1.165) is 49.0 Å². The Bertz CT molecular complexity index is 819. The molecule has 0 spiro atoms. The lowest BCUT2D eigenvalue weighted by atomic mass is 9.89. The van der Waals surface area contributed by atoms with E-state index < -0.39 is 5.97 Å². The van der Waals surface area contributed by atoms with Crippen molar-refractivity contribution in [1.29, 1.82) is 0 Å². The van der Waals surface area contributed by atoms with Gasteiger partial charge in [0.25, 0.3) is 0 Å². The first kappa shape index (κ1) is 21.8. The molecule has 4 heteroatoms. The summed E-state index contributed by atoms with van der Waals surface area (Å²) in [6, 6.07) is 12.2. The SMILES string of the molecule is CCCCC[C@H](O)c1ccc(C2=CCCC2CCCc2ccc(C(=O)O)s2)cc1. The molecule has 2 aromatic rings. The summed E-state index contributed by atoms with van der Waals surface area (Å²) in [4.78, 5) is 12.6. The fraction of sp³-hybridized carbons (Fsp3) is 0.480. The number of carboxylic acid groups (broad SMARTS) is 1. The molecule has 1 heterocycles. The third-order valence-corrected chi connectivity index (χ3v) is 7.01. The van der Waals surface area contributed by atoms with Crippen LogP contribution < -0.4 is 0 Å². The van der Waals surface area contributed by atoms with Crippen molar-refractivity contribution in [1.82, 2.24) is 0 Å². The van der Waals surface area contributed by atoms with E-state index in [1.54, 1.807) is 6.07 Å². The largest absolute Gasteiger partial charge is 0.477 e. The Labute approximate surface area is 178 Å². The molecule has 1 aromatic carbocycles. The van der Waals surface area contributed by atoms with Crippen LogP contribution in [0.4, 0.5) is 0 Å². The van der Waals surface area contributed by atoms with Gasteiger partial charge in [-0.3, -0.25) is 0 Å². The van der Waals surface area contributed by atoms with E-state index in [2.05, 4.69) is 37.3 Å². The van der Waals surface area contributed by atoms with E-state index in [9.17, 15) is 9.90 Å². The van der Waals surface area contributed by atoms with Crippen molar-refractivity contribution in [3.8, 4) is 0 Å². The highest BCUT2D eigenvalue weighted by Crippen LogP contribution is 2.37. The highest BCUT2D eigenvalue weighted by molar-refractivity contribution is 7.13. The topological polar surface area (TPSA) is 57.5 Å². The highest BCUT2D eigenvalue weighted by atomic mass is 32.1. The minimum Gasteiger partial charge on any atom is -0.477 e. The molecule has 0 fully saturated rings. The summed E-state index contributed by atoms with van der Waals surface area (Å²) < 4.78 is 0. The molecule has 1 aliphatic rings. The predicted molar refractivity (Wildman–Crippen MR) is 120 cm³/mol. The van der Waals surface area contributed by atoms with Gasteiger partial charge in [0, 0.05) is 4.88 Å². The summed E-state index contributed by atoms with van der Waals surface area (Å²) in [5.74, 6) is -0.254. The molecule has 0 amide bonds. The summed E-state index contributed by atoms with van der Waals surface area (Å²) in [6.45, 7) is 2.18. The Morgan fingerprint density at radius 1 is 1.14 bits per heavy atom. The Hall–Kier alpha value is -1.91. The van der Waals surface area contributed by atoms with E-state index in [1.165, 1.54) is 41.7 Å². The van der Waals surface area contributed by atoms with Crippen LogP contribution in [-0.4, -0.2) is 16.2 Å². The van der Waals surface area contributed by atoms with Gasteiger partial charge < -0.3 is 10.2 Å². The number of carbonyl (C=O) groups is 1. The number of allylic oxidation sites excluding steroid dienone is 2. The van der Waals surface area contributed by atoms with Gasteiger partial charge in [0.05, 0.1) is 6.10 Å². The molecule has 0 radical (unpaired) electrons. The highest BCUT2D eigenvalue weighted by Gasteiger charge is 2.21. The number of rotatable bonds is 11. The molecule has 0 saturated carbocycles. The maximum absolute atomic E-state index is 11.0. The maximum Gasteiger partial charge on any atom is 0.345 e. The van der Waals surface area contributed by atoms with Crippen LogP contribution in [0.3, 0.4) is 0 Å². The summed E-state index contributed by atoms with van der Waals surface area (Å²) >= 11 is 1.39. The molecule has 3 nitrogen and oxygen atoms in total. The number of aromatic carboxylic acids is 1. The predicted octanol–water partition coefficient (Wildman–Crippen LogP) is 6.88. The lowest BCUT2D eigenvalue weighted by Gasteiger charge is -2.16. The molecule has 29 heavy (non-hydrogen) atoms. The maximum atomic E-state index is 11.0. The molecule has 1 unspecified atom stereocenters. The number of carboxylic acids is 1. The van der Waals surface area contributed by atoms with E-state index >= 15 is 0 Å². The van der Waals surface area contributed by atoms with Crippen LogP contribution in [0.2, 0.25) is 0 Å². The van der Waals surface area contributed by atoms with Crippen molar-refractivity contribution in [3.63, 3.8) is 0 Å². The fourth-order valence-corrected chi connectivity index (χ4v) is 5.11. The van der Waals surface area contributed by atoms with Crippen molar-refractivity contribution in [2.75, 3.05) is 0 Å². The van der Waals surface area contributed by atoms with E-state index in [0.29, 0.717) is 10.8 Å². The molecule has 156 valence electrons. The number of unbranched alkanes of at least 4 members (excludes halogenated alkanes) is 2. The van der Waals surface area contributed by atoms with Gasteiger partial charge in [0.2, 0.25) is 0 Å². The summed E-state index contributed by atoms with van der Waals surface area (Å²) in [5.41, 5.74) is 3.74. The Morgan fingerprint density at radius 3 is 2.62 bits per heavy atom. The third kappa shape index (κ3) is 6.03. The molecule has 1 aromatic heterocycles. The first-order valence-corrected chi connectivity index (χ1v) is 11.7. The fourth-order valence-electron chi connectivity index (χ4n) is 4.22. The smallest absolute Gasteiger partial charge is 0.345 e. The Morgan fingerprint density at radius 2 is 1.93 bits per heavy atom. The van der Waals surface area contributed by atoms with Crippen molar-refractivity contribution in [2.45, 2.75) is 70.8 Å². The van der Waals surface area contributed by atoms with Crippen molar-refractivity contribution in [2.24, 2.45) is 5.92 Å². The van der Waals surface area contributed by atoms with Gasteiger partial charge in [-0.15, -0.1) is 11.3 Å². The lowest BCUT2D eigenvalue weighted by Crippen LogP contribution is -2.01. The number of aliphatic hydroxyl groups excluding tert-OH is 1. The second kappa shape index (κ2) is 10.7. The lowest BCUT2D eigenvalue weighted by molar-refractivity contribution is 0.0702. The van der Waals surface area contributed by atoms with Crippen LogP contribution in [0.25, 0.3) is 5.57 Å². The molecular weight excluding hydrogens is 380 g/mol. The van der Waals surface area contributed by atoms with Gasteiger partial charge in [0.1, 0.15) is 4.88 Å². The van der Waals surface area contributed by atoms with Crippen molar-refractivity contribution < 1.29 is 15.0 Å². The quantitative estimate of drug-likeness (QED) is 0.396. The van der Waals surface area contributed by atoms with E-state index in [-0.39, 0.29) is 6.10 Å². The molecule has 2 N–H and O–H groups in total. The number of hydrogen-bond acceptors (Lipinski definition) is 3. The van der Waals surface area contributed by atoms with Gasteiger partial charge >= 0.3 is 5.97 Å². The summed E-state index contributed by atoms with van der Waals surface area (Å²) in [5, 5.41) is 19.4. The van der Waals surface area contributed by atoms with Crippen LogP contribution in [0, 0.1) is 5.92 Å². The van der Waals surface area contributed by atoms with E-state index in [4.69, 9.17) is 5.11 Å². The molecule has 0 bridgehead atoms. The third-order valence-electron chi connectivity index (χ3n) is 5.88. The minimum absolute atomic E-state index is 0.356. The van der Waals surface area contributed by atoms with Gasteiger partial charge in [-0.2, -0.15) is 0 Å². The normalized spacial score (nSPS) is 17.3. The zero-order valence-electron chi connectivity index (χ0n) is 17.3. The zero-order valence-corrected chi connectivity index (χ0v) is 18.1. The van der Waals surface area contributed by atoms with Gasteiger partial charge in [0.15, 0.2) is 0 Å². The number of thiophene rings is 1. The van der Waals surface area contributed by atoms with Crippen molar-refractivity contribution in [3.05, 3.63) is 63.4 Å². The molecule has 0 aliphatic heterocycles. The minimum atomic E-state index is -0.832. The Kier molecular flexibility index (Phi) is 8.08. The first-order valence-electron chi connectivity index (χ1n) is 10.9. The molecule has 0 saturated heterocycles. The van der Waals surface area contributed by atoms with Gasteiger partial charge in [-0.25, -0.2) is 4.79 Å². The second-order valence-corrected chi connectivity index (χ2v) is 9.20. The molecule has 3 rings (SSSR count). The van der Waals surface area contributed by atoms with E-state index in [1.807, 2.05) is 6.07 Å². The molecular formula is C25H32O3S.